The van der Waals surface area contributed by atoms with Crippen molar-refractivity contribution in [1.29, 1.82) is 0 Å². The fourth-order valence-electron chi connectivity index (χ4n) is 3.96. The van der Waals surface area contributed by atoms with Gasteiger partial charge in [-0.15, -0.1) is 0 Å². The molecule has 2 aliphatic heterocycles. The molecule has 0 spiro atoms. The van der Waals surface area contributed by atoms with Crippen molar-refractivity contribution in [2.24, 2.45) is 5.92 Å². The second-order valence-electron chi connectivity index (χ2n) is 6.88. The predicted molar refractivity (Wildman–Crippen MR) is 99.4 cm³/mol. The van der Waals surface area contributed by atoms with Crippen molar-refractivity contribution in [2.75, 3.05) is 6.61 Å². The first-order valence-electron chi connectivity index (χ1n) is 9.33. The number of hydrogen-bond donors (Lipinski definition) is 0. The quantitative estimate of drug-likeness (QED) is 0.598. The number of esters is 2. The fraction of sp³-hybridized carbons (Fsp3) is 0.318. The summed E-state index contributed by atoms with van der Waals surface area (Å²) in [7, 11) is 0. The Balaban J connectivity index is 1.71. The lowest BCUT2D eigenvalue weighted by Crippen LogP contribution is -2.45. The zero-order chi connectivity index (χ0) is 19.7. The monoisotopic (exact) mass is 380 g/mol. The largest absolute Gasteiger partial charge is 0.488 e. The van der Waals surface area contributed by atoms with Gasteiger partial charge >= 0.3 is 11.9 Å². The van der Waals surface area contributed by atoms with Crippen LogP contribution in [-0.4, -0.2) is 30.4 Å². The number of ketones is 1. The number of benzene rings is 2. The molecule has 0 bridgehead atoms. The van der Waals surface area contributed by atoms with E-state index in [0.717, 1.165) is 5.56 Å². The van der Waals surface area contributed by atoms with Crippen molar-refractivity contribution >= 4 is 17.7 Å². The van der Waals surface area contributed by atoms with Crippen LogP contribution in [0.15, 0.2) is 48.5 Å². The summed E-state index contributed by atoms with van der Waals surface area (Å²) in [5.41, 5.74) is 1.25. The summed E-state index contributed by atoms with van der Waals surface area (Å²) in [6, 6.07) is 14.1. The molecule has 4 rings (SSSR count). The molecule has 0 aromatic heterocycles. The molecule has 0 amide bonds. The lowest BCUT2D eigenvalue weighted by atomic mass is 9.76. The van der Waals surface area contributed by atoms with Crippen LogP contribution in [0.25, 0.3) is 0 Å². The Labute approximate surface area is 162 Å². The first-order valence-corrected chi connectivity index (χ1v) is 9.33. The topological polar surface area (TPSA) is 78.9 Å². The van der Waals surface area contributed by atoms with Crippen LogP contribution in [0.1, 0.15) is 41.6 Å². The SMILES string of the molecule is CCOC(=O)C[C@H]1c2ccccc2OC(=O)[C@@H]1[C@H]1CC(=O)c2ccccc2O1. The third kappa shape index (κ3) is 3.26. The van der Waals surface area contributed by atoms with E-state index in [1.54, 1.807) is 43.3 Å². The molecule has 28 heavy (non-hydrogen) atoms. The van der Waals surface area contributed by atoms with Crippen LogP contribution < -0.4 is 9.47 Å². The maximum absolute atomic E-state index is 12.9. The lowest BCUT2D eigenvalue weighted by Gasteiger charge is -2.37. The van der Waals surface area contributed by atoms with Gasteiger partial charge in [0, 0.05) is 12.3 Å². The molecule has 2 heterocycles. The maximum Gasteiger partial charge on any atom is 0.318 e. The van der Waals surface area contributed by atoms with Gasteiger partial charge in [-0.1, -0.05) is 30.3 Å². The Hall–Kier alpha value is -3.15. The first kappa shape index (κ1) is 18.2. The Kier molecular flexibility index (Phi) is 4.86. The van der Waals surface area contributed by atoms with E-state index in [1.807, 2.05) is 12.1 Å². The molecular weight excluding hydrogens is 360 g/mol. The smallest absolute Gasteiger partial charge is 0.318 e. The van der Waals surface area contributed by atoms with Crippen LogP contribution in [0.3, 0.4) is 0 Å². The Morgan fingerprint density at radius 1 is 1.07 bits per heavy atom. The molecule has 6 heteroatoms. The van der Waals surface area contributed by atoms with Crippen LogP contribution >= 0.6 is 0 Å². The van der Waals surface area contributed by atoms with Gasteiger partial charge < -0.3 is 14.2 Å². The molecule has 2 aromatic rings. The standard InChI is InChI=1S/C22H20O6/c1-2-26-20(24)11-15-13-7-3-5-9-17(13)28-22(25)21(15)19-12-16(23)14-8-4-6-10-18(14)27-19/h3-10,15,19,21H,2,11-12H2,1H3/t15-,19+,21-/m0/s1. The van der Waals surface area contributed by atoms with Gasteiger partial charge in [-0.3, -0.25) is 14.4 Å². The number of carbonyl (C=O) groups excluding carboxylic acids is 3. The summed E-state index contributed by atoms with van der Waals surface area (Å²) >= 11 is 0. The summed E-state index contributed by atoms with van der Waals surface area (Å²) in [6.07, 6.45) is -0.638. The zero-order valence-electron chi connectivity index (χ0n) is 15.4. The van der Waals surface area contributed by atoms with Gasteiger partial charge in [0.2, 0.25) is 0 Å². The van der Waals surface area contributed by atoms with Gasteiger partial charge in [0.05, 0.1) is 18.6 Å². The highest BCUT2D eigenvalue weighted by atomic mass is 16.5. The number of para-hydroxylation sites is 2. The summed E-state index contributed by atoms with van der Waals surface area (Å²) < 4.78 is 16.6. The van der Waals surface area contributed by atoms with Crippen molar-refractivity contribution in [1.82, 2.24) is 0 Å². The van der Waals surface area contributed by atoms with E-state index in [9.17, 15) is 14.4 Å². The van der Waals surface area contributed by atoms with Gasteiger partial charge in [0.15, 0.2) is 5.78 Å². The van der Waals surface area contributed by atoms with Crippen LogP contribution in [0.4, 0.5) is 0 Å². The Morgan fingerprint density at radius 2 is 1.79 bits per heavy atom. The molecule has 0 N–H and O–H groups in total. The number of fused-ring (bicyclic) bond motifs is 2. The Bertz CT molecular complexity index is 934. The third-order valence-corrected chi connectivity index (χ3v) is 5.18. The van der Waals surface area contributed by atoms with Gasteiger partial charge in [-0.2, -0.15) is 0 Å². The molecule has 2 aromatic carbocycles. The lowest BCUT2D eigenvalue weighted by molar-refractivity contribution is -0.148. The van der Waals surface area contributed by atoms with E-state index < -0.39 is 29.9 Å². The maximum atomic E-state index is 12.9. The van der Waals surface area contributed by atoms with Crippen molar-refractivity contribution < 1.29 is 28.6 Å². The van der Waals surface area contributed by atoms with Gasteiger partial charge in [-0.25, -0.2) is 0 Å². The van der Waals surface area contributed by atoms with E-state index in [2.05, 4.69) is 0 Å². The van der Waals surface area contributed by atoms with Crippen molar-refractivity contribution in [3.63, 3.8) is 0 Å². The number of rotatable bonds is 4. The average Bonchev–Trinajstić information content (AvgIpc) is 2.68. The third-order valence-electron chi connectivity index (χ3n) is 5.18. The molecule has 0 fully saturated rings. The number of carbonyl (C=O) groups is 3. The summed E-state index contributed by atoms with van der Waals surface area (Å²) in [6.45, 7) is 1.99. The normalized spacial score (nSPS) is 23.1. The minimum Gasteiger partial charge on any atom is -0.488 e. The van der Waals surface area contributed by atoms with Crippen LogP contribution in [0.5, 0.6) is 11.5 Å². The molecule has 2 aliphatic rings. The highest BCUT2D eigenvalue weighted by Crippen LogP contribution is 2.44. The van der Waals surface area contributed by atoms with E-state index in [4.69, 9.17) is 14.2 Å². The molecule has 0 saturated carbocycles. The van der Waals surface area contributed by atoms with E-state index in [0.29, 0.717) is 17.1 Å². The van der Waals surface area contributed by atoms with Gasteiger partial charge in [0.25, 0.3) is 0 Å². The van der Waals surface area contributed by atoms with Gasteiger partial charge in [-0.05, 0) is 30.7 Å². The predicted octanol–water partition coefficient (Wildman–Crippen LogP) is 3.29. The second-order valence-corrected chi connectivity index (χ2v) is 6.88. The molecule has 0 aliphatic carbocycles. The summed E-state index contributed by atoms with van der Waals surface area (Å²) in [5.74, 6) is -1.37. The van der Waals surface area contributed by atoms with E-state index >= 15 is 0 Å². The molecule has 3 atom stereocenters. The van der Waals surface area contributed by atoms with E-state index in [1.165, 1.54) is 0 Å². The van der Waals surface area contributed by atoms with Crippen molar-refractivity contribution in [3.05, 3.63) is 59.7 Å². The fourth-order valence-corrected chi connectivity index (χ4v) is 3.96. The van der Waals surface area contributed by atoms with Crippen molar-refractivity contribution in [3.8, 4) is 11.5 Å². The van der Waals surface area contributed by atoms with Crippen LogP contribution in [-0.2, 0) is 14.3 Å². The molecule has 0 unspecified atom stereocenters. The molecule has 0 saturated heterocycles. The molecule has 144 valence electrons. The van der Waals surface area contributed by atoms with Crippen LogP contribution in [0, 0.1) is 5.92 Å². The average molecular weight is 380 g/mol. The zero-order valence-corrected chi connectivity index (χ0v) is 15.4. The summed E-state index contributed by atoms with van der Waals surface area (Å²) in [5, 5.41) is 0. The highest BCUT2D eigenvalue weighted by molar-refractivity contribution is 6.00. The molecule has 0 radical (unpaired) electrons. The molecule has 6 nitrogen and oxygen atoms in total. The minimum atomic E-state index is -0.781. The molecular formula is C22H20O6. The highest BCUT2D eigenvalue weighted by Gasteiger charge is 2.47. The summed E-state index contributed by atoms with van der Waals surface area (Å²) in [4.78, 5) is 37.7. The number of hydrogen-bond acceptors (Lipinski definition) is 6. The number of Topliss-reactive ketones (excluding diaryl/α,β-unsaturated/α-hetero) is 1. The van der Waals surface area contributed by atoms with Gasteiger partial charge in [0.1, 0.15) is 23.5 Å². The van der Waals surface area contributed by atoms with Crippen LogP contribution in [0.2, 0.25) is 0 Å². The van der Waals surface area contributed by atoms with Crippen molar-refractivity contribution in [2.45, 2.75) is 31.8 Å². The van der Waals surface area contributed by atoms with E-state index in [-0.39, 0.29) is 25.2 Å². The Morgan fingerprint density at radius 3 is 2.57 bits per heavy atom. The second kappa shape index (κ2) is 7.46. The first-order chi connectivity index (χ1) is 13.6. The minimum absolute atomic E-state index is 0.0142. The number of ether oxygens (including phenoxy) is 3.